The van der Waals surface area contributed by atoms with Gasteiger partial charge in [-0.15, -0.1) is 24.0 Å². The van der Waals surface area contributed by atoms with Gasteiger partial charge in [-0.1, -0.05) is 30.3 Å². The summed E-state index contributed by atoms with van der Waals surface area (Å²) >= 11 is 0. The van der Waals surface area contributed by atoms with Gasteiger partial charge in [-0.3, -0.25) is 0 Å². The molecular weight excluding hydrogens is 523 g/mol. The fourth-order valence-electron chi connectivity index (χ4n) is 3.41. The van der Waals surface area contributed by atoms with Gasteiger partial charge in [-0.2, -0.15) is 0 Å². The van der Waals surface area contributed by atoms with Crippen LogP contribution in [0.3, 0.4) is 0 Å². The third kappa shape index (κ3) is 8.33. The van der Waals surface area contributed by atoms with Crippen LogP contribution in [0, 0.1) is 13.8 Å². The van der Waals surface area contributed by atoms with E-state index in [0.29, 0.717) is 11.4 Å². The van der Waals surface area contributed by atoms with Gasteiger partial charge < -0.3 is 15.5 Å². The zero-order valence-corrected chi connectivity index (χ0v) is 22.3. The molecule has 8 heteroatoms. The molecular formula is C23H35IN4O2S. The number of aryl methyl sites for hydroxylation is 2. The lowest BCUT2D eigenvalue weighted by Gasteiger charge is -2.25. The van der Waals surface area contributed by atoms with Crippen molar-refractivity contribution in [3.05, 3.63) is 59.2 Å². The third-order valence-electron chi connectivity index (χ3n) is 4.91. The van der Waals surface area contributed by atoms with Crippen molar-refractivity contribution in [2.45, 2.75) is 39.1 Å². The Morgan fingerprint density at radius 3 is 2.32 bits per heavy atom. The average molecular weight is 559 g/mol. The van der Waals surface area contributed by atoms with E-state index >= 15 is 0 Å². The molecule has 0 aliphatic carbocycles. The van der Waals surface area contributed by atoms with E-state index < -0.39 is 9.84 Å². The van der Waals surface area contributed by atoms with Gasteiger partial charge in [-0.25, -0.2) is 13.4 Å². The molecule has 31 heavy (non-hydrogen) atoms. The minimum atomic E-state index is -3.20. The number of halogens is 1. The minimum Gasteiger partial charge on any atom is -0.370 e. The van der Waals surface area contributed by atoms with Crippen LogP contribution in [-0.4, -0.2) is 46.8 Å². The van der Waals surface area contributed by atoms with Crippen molar-refractivity contribution in [2.24, 2.45) is 4.99 Å². The molecule has 0 unspecified atom stereocenters. The lowest BCUT2D eigenvalue weighted by Crippen LogP contribution is -2.41. The normalized spacial score (nSPS) is 11.6. The summed E-state index contributed by atoms with van der Waals surface area (Å²) in [5.74, 6) is 0.753. The first-order valence-electron chi connectivity index (χ1n) is 10.4. The molecule has 0 spiro atoms. The van der Waals surface area contributed by atoms with E-state index in [0.717, 1.165) is 43.3 Å². The predicted octanol–water partition coefficient (Wildman–Crippen LogP) is 3.91. The van der Waals surface area contributed by atoms with Crippen molar-refractivity contribution in [3.8, 4) is 0 Å². The second-order valence-electron chi connectivity index (χ2n) is 7.36. The van der Waals surface area contributed by atoms with Gasteiger partial charge in [-0.05, 0) is 56.5 Å². The molecule has 0 amide bonds. The van der Waals surface area contributed by atoms with Crippen LogP contribution in [-0.2, 0) is 16.4 Å². The molecule has 0 bridgehead atoms. The van der Waals surface area contributed by atoms with Crippen LogP contribution in [0.15, 0.2) is 52.4 Å². The molecule has 2 aromatic rings. The number of rotatable bonds is 9. The first-order chi connectivity index (χ1) is 14.3. The maximum absolute atomic E-state index is 11.8. The highest BCUT2D eigenvalue weighted by Gasteiger charge is 2.11. The van der Waals surface area contributed by atoms with Gasteiger partial charge in [0.2, 0.25) is 0 Å². The number of guanidine groups is 1. The van der Waals surface area contributed by atoms with Crippen LogP contribution in [0.1, 0.15) is 30.5 Å². The van der Waals surface area contributed by atoms with Crippen molar-refractivity contribution in [1.82, 2.24) is 10.6 Å². The topological polar surface area (TPSA) is 73.8 Å². The van der Waals surface area contributed by atoms with Gasteiger partial charge in [0.05, 0.1) is 11.4 Å². The van der Waals surface area contributed by atoms with Crippen molar-refractivity contribution in [1.29, 1.82) is 0 Å². The molecule has 2 aromatic carbocycles. The summed E-state index contributed by atoms with van der Waals surface area (Å²) in [5, 5.41) is 6.67. The third-order valence-corrected chi connectivity index (χ3v) is 6.17. The number of hydrogen-bond donors (Lipinski definition) is 2. The zero-order chi connectivity index (χ0) is 22.1. The first kappa shape index (κ1) is 27.2. The van der Waals surface area contributed by atoms with Crippen LogP contribution in [0.2, 0.25) is 0 Å². The number of para-hydroxylation sites is 1. The van der Waals surface area contributed by atoms with Crippen molar-refractivity contribution >= 4 is 45.5 Å². The summed E-state index contributed by atoms with van der Waals surface area (Å²) in [4.78, 5) is 7.37. The van der Waals surface area contributed by atoms with E-state index in [1.165, 1.54) is 17.5 Å². The number of nitrogens with one attached hydrogen (secondary N) is 2. The van der Waals surface area contributed by atoms with Gasteiger partial charge in [0.1, 0.15) is 0 Å². The first-order valence-corrected chi connectivity index (χ1v) is 12.3. The molecule has 0 aromatic heterocycles. The van der Waals surface area contributed by atoms with E-state index in [1.54, 1.807) is 6.07 Å². The highest BCUT2D eigenvalue weighted by molar-refractivity contribution is 14.0. The molecule has 0 saturated carbocycles. The number of hydrogen-bond acceptors (Lipinski definition) is 4. The average Bonchev–Trinajstić information content (AvgIpc) is 2.69. The summed E-state index contributed by atoms with van der Waals surface area (Å²) in [6, 6.07) is 13.8. The second kappa shape index (κ2) is 12.9. The van der Waals surface area contributed by atoms with Crippen LogP contribution >= 0.6 is 24.0 Å². The Kier molecular flexibility index (Phi) is 11.3. The van der Waals surface area contributed by atoms with Crippen molar-refractivity contribution in [3.63, 3.8) is 0 Å². The van der Waals surface area contributed by atoms with Gasteiger partial charge in [0.15, 0.2) is 15.8 Å². The van der Waals surface area contributed by atoms with E-state index in [9.17, 15) is 8.42 Å². The summed E-state index contributed by atoms with van der Waals surface area (Å²) < 4.78 is 23.6. The fraction of sp³-hybridized carbons (Fsp3) is 0.435. The smallest absolute Gasteiger partial charge is 0.191 e. The lowest BCUT2D eigenvalue weighted by molar-refractivity contribution is 0.601. The highest BCUT2D eigenvalue weighted by atomic mass is 127. The highest BCUT2D eigenvalue weighted by Crippen LogP contribution is 2.19. The largest absolute Gasteiger partial charge is 0.370 e. The monoisotopic (exact) mass is 558 g/mol. The van der Waals surface area contributed by atoms with Crippen LogP contribution in [0.5, 0.6) is 0 Å². The van der Waals surface area contributed by atoms with E-state index in [1.807, 2.05) is 26.0 Å². The van der Waals surface area contributed by atoms with Gasteiger partial charge in [0.25, 0.3) is 0 Å². The summed E-state index contributed by atoms with van der Waals surface area (Å²) in [5.41, 5.74) is 4.25. The Morgan fingerprint density at radius 2 is 1.74 bits per heavy atom. The van der Waals surface area contributed by atoms with Crippen LogP contribution in [0.25, 0.3) is 0 Å². The van der Waals surface area contributed by atoms with Crippen molar-refractivity contribution < 1.29 is 8.42 Å². The van der Waals surface area contributed by atoms with Gasteiger partial charge in [0, 0.05) is 38.1 Å². The quantitative estimate of drug-likeness (QED) is 0.278. The Morgan fingerprint density at radius 1 is 1.03 bits per heavy atom. The van der Waals surface area contributed by atoms with E-state index in [4.69, 9.17) is 0 Å². The number of sulfone groups is 1. The summed E-state index contributed by atoms with van der Waals surface area (Å²) in [7, 11) is -3.20. The summed E-state index contributed by atoms with van der Waals surface area (Å²) in [6.07, 6.45) is 1.23. The molecule has 0 radical (unpaired) electrons. The maximum atomic E-state index is 11.8. The Bertz CT molecular complexity index is 977. The lowest BCUT2D eigenvalue weighted by atomic mass is 10.1. The minimum absolute atomic E-state index is 0. The number of anilines is 1. The van der Waals surface area contributed by atoms with E-state index in [-0.39, 0.29) is 24.0 Å². The molecule has 172 valence electrons. The van der Waals surface area contributed by atoms with Crippen LogP contribution in [0.4, 0.5) is 5.69 Å². The van der Waals surface area contributed by atoms with Crippen molar-refractivity contribution in [2.75, 3.05) is 37.3 Å². The molecule has 0 heterocycles. The number of nitrogens with zero attached hydrogens (tertiary/aromatic N) is 2. The molecule has 2 rings (SSSR count). The molecule has 0 aliphatic rings. The molecule has 2 N–H and O–H groups in total. The molecule has 0 aliphatic heterocycles. The Hall–Kier alpha value is -1.81. The van der Waals surface area contributed by atoms with Gasteiger partial charge >= 0.3 is 0 Å². The van der Waals surface area contributed by atoms with Crippen LogP contribution < -0.4 is 15.5 Å². The predicted molar refractivity (Wildman–Crippen MR) is 142 cm³/mol. The second-order valence-corrected chi connectivity index (χ2v) is 9.34. The molecule has 0 fully saturated rings. The zero-order valence-electron chi connectivity index (χ0n) is 19.1. The SMILES string of the molecule is CCNC(=NCc1ccc(S(C)(=O)=O)c(C)c1)NCCN(CC)c1ccccc1C.I. The molecule has 0 atom stereocenters. The maximum Gasteiger partial charge on any atom is 0.191 e. The number of aliphatic imine (C=N–C) groups is 1. The van der Waals surface area contributed by atoms with E-state index in [2.05, 4.69) is 58.6 Å². The fourth-order valence-corrected chi connectivity index (χ4v) is 4.37. The molecule has 0 saturated heterocycles. The summed E-state index contributed by atoms with van der Waals surface area (Å²) in [6.45, 7) is 12.0. The Balaban J connectivity index is 0.00000480. The molecule has 6 nitrogen and oxygen atoms in total. The Labute approximate surface area is 204 Å². The standard InChI is InChI=1S/C23H34N4O2S.HI/c1-6-24-23(25-14-15-27(7-2)21-11-9-8-10-18(21)3)26-17-20-12-13-22(19(4)16-20)30(5,28)29;/h8-13,16H,6-7,14-15,17H2,1-5H3,(H2,24,25,26);1H. The number of benzene rings is 2. The number of likely N-dealkylation sites (N-methyl/N-ethyl adjacent to an activating group) is 1.